The van der Waals surface area contributed by atoms with Gasteiger partial charge in [-0.2, -0.15) is 0 Å². The zero-order valence-corrected chi connectivity index (χ0v) is 9.12. The van der Waals surface area contributed by atoms with Crippen LogP contribution in [0.25, 0.3) is 0 Å². The van der Waals surface area contributed by atoms with Gasteiger partial charge in [-0.25, -0.2) is 0 Å². The van der Waals surface area contributed by atoms with Crippen LogP contribution in [0.2, 0.25) is 0 Å². The highest BCUT2D eigenvalue weighted by atomic mass is 16.1. The van der Waals surface area contributed by atoms with Crippen LogP contribution in [0.3, 0.4) is 0 Å². The van der Waals surface area contributed by atoms with Crippen LogP contribution in [-0.4, -0.2) is 42.5 Å². The fraction of sp³-hybridized carbons (Fsp3) is 0.900. The topological polar surface area (TPSA) is 58.4 Å². The lowest BCUT2D eigenvalue weighted by atomic mass is 10.2. The van der Waals surface area contributed by atoms with E-state index in [0.717, 1.165) is 13.1 Å². The molecule has 4 nitrogen and oxygen atoms in total. The summed E-state index contributed by atoms with van der Waals surface area (Å²) < 4.78 is 0. The highest BCUT2D eigenvalue weighted by Gasteiger charge is 2.20. The summed E-state index contributed by atoms with van der Waals surface area (Å²) in [6, 6.07) is 0.918. The van der Waals surface area contributed by atoms with Crippen LogP contribution < -0.4 is 11.1 Å². The normalized spacial score (nSPS) is 22.1. The minimum absolute atomic E-state index is 0.239. The Morgan fingerprint density at radius 2 is 2.36 bits per heavy atom. The van der Waals surface area contributed by atoms with Crippen molar-refractivity contribution in [3.63, 3.8) is 0 Å². The van der Waals surface area contributed by atoms with E-state index in [1.54, 1.807) is 0 Å². The zero-order valence-electron chi connectivity index (χ0n) is 9.12. The lowest BCUT2D eigenvalue weighted by Crippen LogP contribution is -2.45. The van der Waals surface area contributed by atoms with E-state index in [-0.39, 0.29) is 5.91 Å². The third-order valence-corrected chi connectivity index (χ3v) is 2.71. The number of nitrogens with two attached hydrogens (primary N) is 1. The van der Waals surface area contributed by atoms with Crippen molar-refractivity contribution in [1.82, 2.24) is 10.2 Å². The van der Waals surface area contributed by atoms with Crippen LogP contribution in [-0.2, 0) is 4.79 Å². The molecule has 1 atom stereocenters. The van der Waals surface area contributed by atoms with Gasteiger partial charge in [-0.15, -0.1) is 0 Å². The van der Waals surface area contributed by atoms with Gasteiger partial charge < -0.3 is 11.1 Å². The van der Waals surface area contributed by atoms with Crippen molar-refractivity contribution in [2.75, 3.05) is 19.6 Å². The number of primary amides is 1. The van der Waals surface area contributed by atoms with Crippen LogP contribution >= 0.6 is 0 Å². The molecule has 0 radical (unpaired) electrons. The minimum Gasteiger partial charge on any atom is -0.369 e. The Morgan fingerprint density at radius 1 is 1.64 bits per heavy atom. The summed E-state index contributed by atoms with van der Waals surface area (Å²) >= 11 is 0. The van der Waals surface area contributed by atoms with Gasteiger partial charge in [-0.05, 0) is 33.2 Å². The fourth-order valence-electron chi connectivity index (χ4n) is 1.85. The first-order valence-corrected chi connectivity index (χ1v) is 5.35. The molecule has 0 aromatic rings. The van der Waals surface area contributed by atoms with E-state index in [1.807, 2.05) is 0 Å². The predicted octanol–water partition coefficient (Wildman–Crippen LogP) is -0.0659. The van der Waals surface area contributed by atoms with Crippen molar-refractivity contribution in [3.05, 3.63) is 0 Å². The molecule has 1 aliphatic rings. The van der Waals surface area contributed by atoms with Crippen molar-refractivity contribution in [1.29, 1.82) is 0 Å². The molecule has 3 N–H and O–H groups in total. The predicted molar refractivity (Wildman–Crippen MR) is 56.9 cm³/mol. The molecular weight excluding hydrogens is 178 g/mol. The molecule has 0 saturated carbocycles. The Bertz CT molecular complexity index is 188. The van der Waals surface area contributed by atoms with Crippen molar-refractivity contribution in [2.24, 2.45) is 5.73 Å². The van der Waals surface area contributed by atoms with Gasteiger partial charge >= 0.3 is 0 Å². The van der Waals surface area contributed by atoms with Crippen LogP contribution in [0, 0.1) is 0 Å². The molecule has 1 heterocycles. The Kier molecular flexibility index (Phi) is 4.35. The Hall–Kier alpha value is -0.610. The first kappa shape index (κ1) is 11.5. The number of hydrogen-bond donors (Lipinski definition) is 2. The van der Waals surface area contributed by atoms with Crippen molar-refractivity contribution < 1.29 is 4.79 Å². The average Bonchev–Trinajstić information content (AvgIpc) is 2.54. The highest BCUT2D eigenvalue weighted by molar-refractivity contribution is 5.75. The van der Waals surface area contributed by atoms with E-state index in [4.69, 9.17) is 5.73 Å². The van der Waals surface area contributed by atoms with Crippen LogP contribution in [0.5, 0.6) is 0 Å². The molecule has 1 amide bonds. The third-order valence-electron chi connectivity index (χ3n) is 2.71. The molecule has 0 aromatic carbocycles. The highest BCUT2D eigenvalue weighted by Crippen LogP contribution is 2.08. The van der Waals surface area contributed by atoms with Crippen LogP contribution in [0.15, 0.2) is 0 Å². The van der Waals surface area contributed by atoms with Gasteiger partial charge in [0.15, 0.2) is 0 Å². The van der Waals surface area contributed by atoms with Gasteiger partial charge in [0.1, 0.15) is 0 Å². The van der Waals surface area contributed by atoms with E-state index < -0.39 is 0 Å². The summed E-state index contributed by atoms with van der Waals surface area (Å²) in [5.41, 5.74) is 5.20. The maximum absolute atomic E-state index is 10.8. The van der Waals surface area contributed by atoms with E-state index in [0.29, 0.717) is 18.6 Å². The number of nitrogens with one attached hydrogen (secondary N) is 1. The molecule has 14 heavy (non-hydrogen) atoms. The van der Waals surface area contributed by atoms with Gasteiger partial charge in [0, 0.05) is 18.6 Å². The second kappa shape index (κ2) is 5.32. The minimum atomic E-state index is -0.239. The van der Waals surface area contributed by atoms with Gasteiger partial charge in [0.2, 0.25) is 5.91 Å². The third kappa shape index (κ3) is 3.64. The fourth-order valence-corrected chi connectivity index (χ4v) is 1.85. The van der Waals surface area contributed by atoms with Gasteiger partial charge in [-0.1, -0.05) is 0 Å². The number of hydrogen-bond acceptors (Lipinski definition) is 3. The standard InChI is InChI=1S/C10H21N3O/c1-8(2)13(7-10(11)14)6-9-4-3-5-12-9/h8-9,12H,3-7H2,1-2H3,(H2,11,14)/t9-/m1/s1. The van der Waals surface area contributed by atoms with Crippen molar-refractivity contribution in [3.8, 4) is 0 Å². The molecule has 1 rings (SSSR count). The summed E-state index contributed by atoms with van der Waals surface area (Å²) in [6.07, 6.45) is 2.45. The van der Waals surface area contributed by atoms with Crippen LogP contribution in [0.4, 0.5) is 0 Å². The summed E-state index contributed by atoms with van der Waals surface area (Å²) in [7, 11) is 0. The smallest absolute Gasteiger partial charge is 0.231 e. The number of carbonyl (C=O) groups is 1. The molecule has 1 saturated heterocycles. The Labute approximate surface area is 85.8 Å². The van der Waals surface area contributed by atoms with Crippen molar-refractivity contribution >= 4 is 5.91 Å². The molecule has 0 bridgehead atoms. The quantitative estimate of drug-likeness (QED) is 0.652. The lowest BCUT2D eigenvalue weighted by Gasteiger charge is -2.27. The summed E-state index contributed by atoms with van der Waals surface area (Å²) in [5, 5.41) is 3.42. The van der Waals surface area contributed by atoms with E-state index >= 15 is 0 Å². The number of carbonyl (C=O) groups excluding carboxylic acids is 1. The summed E-state index contributed by atoms with van der Waals surface area (Å²) in [5.74, 6) is -0.239. The second-order valence-electron chi connectivity index (χ2n) is 4.28. The maximum atomic E-state index is 10.8. The molecule has 4 heteroatoms. The van der Waals surface area contributed by atoms with Gasteiger partial charge in [-0.3, -0.25) is 9.69 Å². The first-order chi connectivity index (χ1) is 6.59. The number of amides is 1. The second-order valence-corrected chi connectivity index (χ2v) is 4.28. The SMILES string of the molecule is CC(C)N(CC(N)=O)C[C@H]1CCCN1. The lowest BCUT2D eigenvalue weighted by molar-refractivity contribution is -0.119. The summed E-state index contributed by atoms with van der Waals surface area (Å²) in [6.45, 7) is 6.60. The Balaban J connectivity index is 2.37. The Morgan fingerprint density at radius 3 is 2.79 bits per heavy atom. The largest absolute Gasteiger partial charge is 0.369 e. The molecule has 0 aromatic heterocycles. The van der Waals surface area contributed by atoms with E-state index in [2.05, 4.69) is 24.1 Å². The first-order valence-electron chi connectivity index (χ1n) is 5.35. The molecule has 0 aliphatic carbocycles. The van der Waals surface area contributed by atoms with E-state index in [9.17, 15) is 4.79 Å². The maximum Gasteiger partial charge on any atom is 0.231 e. The van der Waals surface area contributed by atoms with Gasteiger partial charge in [0.05, 0.1) is 6.54 Å². The molecular formula is C10H21N3O. The van der Waals surface area contributed by atoms with Crippen LogP contribution in [0.1, 0.15) is 26.7 Å². The number of rotatable bonds is 5. The summed E-state index contributed by atoms with van der Waals surface area (Å²) in [4.78, 5) is 13.0. The molecule has 0 spiro atoms. The molecule has 0 unspecified atom stereocenters. The molecule has 82 valence electrons. The molecule has 1 fully saturated rings. The molecule has 1 aliphatic heterocycles. The average molecular weight is 199 g/mol. The zero-order chi connectivity index (χ0) is 10.6. The van der Waals surface area contributed by atoms with E-state index in [1.165, 1.54) is 12.8 Å². The number of nitrogens with zero attached hydrogens (tertiary/aromatic N) is 1. The van der Waals surface area contributed by atoms with Crippen molar-refractivity contribution in [2.45, 2.75) is 38.8 Å². The monoisotopic (exact) mass is 199 g/mol. The van der Waals surface area contributed by atoms with Gasteiger partial charge in [0.25, 0.3) is 0 Å².